The van der Waals surface area contributed by atoms with Crippen LogP contribution in [-0.2, 0) is 0 Å². The summed E-state index contributed by atoms with van der Waals surface area (Å²) in [5.41, 5.74) is 0. The zero-order chi connectivity index (χ0) is 7.44. The van der Waals surface area contributed by atoms with Crippen LogP contribution in [-0.4, -0.2) is 79.4 Å². The number of hydrogen-bond donors (Lipinski definition) is 0. The Hall–Kier alpha value is 1.95. The first-order chi connectivity index (χ1) is 4.09. The van der Waals surface area contributed by atoms with Crippen LogP contribution >= 0.6 is 0 Å². The van der Waals surface area contributed by atoms with E-state index in [1.165, 1.54) is 0 Å². The first kappa shape index (κ1) is 11.0. The van der Waals surface area contributed by atoms with Crippen LogP contribution in [0.25, 0.3) is 0 Å². The van der Waals surface area contributed by atoms with E-state index in [0.29, 0.717) is 22.0 Å². The molecule has 0 aliphatic carbocycles. The second-order valence-corrected chi connectivity index (χ2v) is 94.2. The topological polar surface area (TPSA) is 0 Å². The molecule has 9 heteroatoms. The van der Waals surface area contributed by atoms with E-state index in [0.717, 1.165) is 8.55 Å². The average Bonchev–Trinajstić information content (AvgIpc) is 1.84. The van der Waals surface area contributed by atoms with E-state index < -0.39 is 0 Å². The van der Waals surface area contributed by atoms with Crippen molar-refractivity contribution in [2.75, 3.05) is 0 Å². The summed E-state index contributed by atoms with van der Waals surface area (Å²) in [5.74, 6) is 0. The highest BCUT2D eigenvalue weighted by molar-refractivity contribution is 7.92. The lowest BCUT2D eigenvalue weighted by Crippen LogP contribution is -2.54. The third kappa shape index (κ3) is 4.41. The molecule has 0 aliphatic heterocycles. The average molecular weight is 273 g/mol. The molecule has 9 heavy (non-hydrogen) atoms. The van der Waals surface area contributed by atoms with Gasteiger partial charge in [-0.25, -0.2) is 0 Å². The van der Waals surface area contributed by atoms with Crippen molar-refractivity contribution in [1.82, 2.24) is 0 Å². The van der Waals surface area contributed by atoms with Gasteiger partial charge < -0.3 is 0 Å². The van der Waals surface area contributed by atoms with Crippen molar-refractivity contribution >= 4 is 79.4 Å². The lowest BCUT2D eigenvalue weighted by atomic mass is 25.9. The third-order valence-corrected chi connectivity index (χ3v) is 210. The Balaban J connectivity index is 3.58. The van der Waals surface area contributed by atoms with Gasteiger partial charge in [-0.2, -0.15) is 0 Å². The van der Waals surface area contributed by atoms with Crippen LogP contribution in [0.15, 0.2) is 0 Å². The summed E-state index contributed by atoms with van der Waals surface area (Å²) in [5, 5.41) is 0. The lowest BCUT2D eigenvalue weighted by Gasteiger charge is -2.17. The predicted molar refractivity (Wildman–Crippen MR) is 79.7 cm³/mol. The Morgan fingerprint density at radius 2 is 1.44 bits per heavy atom. The predicted octanol–water partition coefficient (Wildman–Crippen LogP) is -8.78. The van der Waals surface area contributed by atoms with Gasteiger partial charge in [0, 0.05) is 0 Å². The SMILES string of the molecule is [SiH3][SiH2][SiH]([SiH3])[SiH]([SiH3])[SiH]([SiH3])[SiH3]. The summed E-state index contributed by atoms with van der Waals surface area (Å²) < 4.78 is 0. The zero-order valence-electron chi connectivity index (χ0n) is 7.44. The molecule has 0 heterocycles. The van der Waals surface area contributed by atoms with Crippen LogP contribution in [0, 0.1) is 0 Å². The highest BCUT2D eigenvalue weighted by atomic mass is 30.3. The molecule has 0 nitrogen and oxygen atoms in total. The summed E-state index contributed by atoms with van der Waals surface area (Å²) in [7, 11) is 10.5. The standard InChI is InChI=1S/H20Si9/c1-6-8(4)9(5)7(2)3/h7-9H,6H2,1-5H3. The van der Waals surface area contributed by atoms with Gasteiger partial charge in [0.15, 0.2) is 0 Å². The summed E-state index contributed by atoms with van der Waals surface area (Å²) in [6, 6.07) is 0. The van der Waals surface area contributed by atoms with Gasteiger partial charge in [-0.15, -0.1) is 0 Å². The molecule has 0 rings (SSSR count). The highest BCUT2D eigenvalue weighted by Gasteiger charge is 2.16. The Labute approximate surface area is 79.0 Å². The highest BCUT2D eigenvalue weighted by Crippen LogP contribution is 1.79. The van der Waals surface area contributed by atoms with Gasteiger partial charge in [-0.3, -0.25) is 0 Å². The summed E-state index contributed by atoms with van der Waals surface area (Å²) in [6.45, 7) is 0. The Morgan fingerprint density at radius 1 is 1.00 bits per heavy atom. The molecule has 0 N–H and O–H groups in total. The largest absolute Gasteiger partial charge is 0.0119 e. The second kappa shape index (κ2) is 5.58. The van der Waals surface area contributed by atoms with E-state index in [1.54, 1.807) is 48.8 Å². The molecule has 0 bridgehead atoms. The van der Waals surface area contributed by atoms with Crippen LogP contribution in [0.1, 0.15) is 0 Å². The van der Waals surface area contributed by atoms with Crippen molar-refractivity contribution in [2.45, 2.75) is 0 Å². The van der Waals surface area contributed by atoms with E-state index in [4.69, 9.17) is 0 Å². The fraction of sp³-hybridized carbons (Fsp3) is 0. The Kier molecular flexibility index (Phi) is 6.79. The van der Waals surface area contributed by atoms with E-state index >= 15 is 0 Å². The fourth-order valence-corrected chi connectivity index (χ4v) is 250. The van der Waals surface area contributed by atoms with E-state index in [1.807, 2.05) is 0 Å². The molecule has 0 saturated heterocycles. The van der Waals surface area contributed by atoms with Gasteiger partial charge in [-0.05, 0) is 79.4 Å². The first-order valence-electron chi connectivity index (χ1n) is 4.09. The third-order valence-electron chi connectivity index (χ3n) is 2.59. The van der Waals surface area contributed by atoms with Crippen LogP contribution in [0.4, 0.5) is 0 Å². The molecule has 0 saturated carbocycles. The summed E-state index contributed by atoms with van der Waals surface area (Å²) in [4.78, 5) is 0. The molecule has 0 fully saturated rings. The molecule has 2 unspecified atom stereocenters. The molecule has 0 spiro atoms. The van der Waals surface area contributed by atoms with Crippen molar-refractivity contribution in [3.05, 3.63) is 0 Å². The van der Waals surface area contributed by atoms with E-state index in [-0.39, 0.29) is 0 Å². The molecule has 0 radical (unpaired) electrons. The minimum absolute atomic E-state index is 0.292. The van der Waals surface area contributed by atoms with Crippen molar-refractivity contribution in [1.29, 1.82) is 0 Å². The molecule has 2 atom stereocenters. The summed E-state index contributed by atoms with van der Waals surface area (Å²) in [6.07, 6.45) is 0. The quantitative estimate of drug-likeness (QED) is 0.448. The van der Waals surface area contributed by atoms with Gasteiger partial charge in [0.2, 0.25) is 0 Å². The Bertz CT molecular complexity index is 64.4. The van der Waals surface area contributed by atoms with Crippen molar-refractivity contribution in [3.8, 4) is 0 Å². The minimum atomic E-state index is 0.292. The van der Waals surface area contributed by atoms with E-state index in [2.05, 4.69) is 0 Å². The molecular weight excluding hydrogens is 253 g/mol. The molecule has 0 aromatic rings. The number of rotatable bonds is 3. The van der Waals surface area contributed by atoms with Crippen molar-refractivity contribution < 1.29 is 0 Å². The van der Waals surface area contributed by atoms with Gasteiger partial charge >= 0.3 is 0 Å². The normalized spacial score (nSPS) is 24.0. The van der Waals surface area contributed by atoms with Crippen LogP contribution in [0.2, 0.25) is 0 Å². The van der Waals surface area contributed by atoms with Gasteiger partial charge in [0.05, 0.1) is 0 Å². The molecule has 0 aliphatic rings. The molecule has 56 valence electrons. The molecular formula is H20Si9. The van der Waals surface area contributed by atoms with Gasteiger partial charge in [0.25, 0.3) is 0 Å². The monoisotopic (exact) mass is 272 g/mol. The van der Waals surface area contributed by atoms with E-state index in [9.17, 15) is 0 Å². The number of hydrogen-bond acceptors (Lipinski definition) is 0. The van der Waals surface area contributed by atoms with Crippen LogP contribution in [0.5, 0.6) is 0 Å². The molecule has 0 amide bonds. The minimum Gasteiger partial charge on any atom is -0.0119 e. The first-order valence-corrected chi connectivity index (χ1v) is 36.8. The smallest absolute Gasteiger partial charge is 0.00662 e. The maximum Gasteiger partial charge on any atom is -0.00662 e. The summed E-state index contributed by atoms with van der Waals surface area (Å²) >= 11 is 0. The lowest BCUT2D eigenvalue weighted by molar-refractivity contribution is 3.59. The van der Waals surface area contributed by atoms with Crippen LogP contribution in [0.3, 0.4) is 0 Å². The van der Waals surface area contributed by atoms with Crippen LogP contribution < -0.4 is 0 Å². The zero-order valence-corrected chi connectivity index (χ0v) is 22.3. The van der Waals surface area contributed by atoms with Crippen molar-refractivity contribution in [2.24, 2.45) is 0 Å². The Morgan fingerprint density at radius 3 is 1.56 bits per heavy atom. The molecule has 0 aromatic carbocycles. The maximum atomic E-state index is 1.79. The maximum absolute atomic E-state index is 1.79. The van der Waals surface area contributed by atoms with Gasteiger partial charge in [-0.1, -0.05) is 0 Å². The molecule has 0 aromatic heterocycles. The van der Waals surface area contributed by atoms with Crippen molar-refractivity contribution in [3.63, 3.8) is 0 Å². The second-order valence-electron chi connectivity index (χ2n) is 3.49. The fourth-order valence-electron chi connectivity index (χ4n) is 1.03. The van der Waals surface area contributed by atoms with Gasteiger partial charge in [0.1, 0.15) is 0 Å².